The van der Waals surface area contributed by atoms with Gasteiger partial charge in [0.05, 0.1) is 36.7 Å². The summed E-state index contributed by atoms with van der Waals surface area (Å²) in [4.78, 5) is 7.34. The first-order chi connectivity index (χ1) is 15.7. The third-order valence-electron chi connectivity index (χ3n) is 6.23. The lowest BCUT2D eigenvalue weighted by molar-refractivity contribution is -0.0721. The molecule has 0 spiro atoms. The number of piperidine rings is 1. The van der Waals surface area contributed by atoms with E-state index in [9.17, 15) is 0 Å². The van der Waals surface area contributed by atoms with Crippen LogP contribution < -0.4 is 5.32 Å². The molecule has 7 nitrogen and oxygen atoms in total. The van der Waals surface area contributed by atoms with Gasteiger partial charge in [-0.1, -0.05) is 18.2 Å². The Balaban J connectivity index is 1.34. The summed E-state index contributed by atoms with van der Waals surface area (Å²) in [6.45, 7) is 9.15. The fourth-order valence-electron chi connectivity index (χ4n) is 4.42. The number of aliphatic imine (C=N–C) groups is 1. The van der Waals surface area contributed by atoms with Crippen molar-refractivity contribution in [3.63, 3.8) is 0 Å². The zero-order valence-electron chi connectivity index (χ0n) is 19.5. The number of aryl methyl sites for hydroxylation is 1. The molecule has 0 saturated carbocycles. The lowest BCUT2D eigenvalue weighted by Crippen LogP contribution is -2.47. The van der Waals surface area contributed by atoms with Crippen LogP contribution in [0.3, 0.4) is 0 Å². The molecule has 2 aromatic rings. The van der Waals surface area contributed by atoms with Crippen molar-refractivity contribution >= 4 is 5.96 Å². The maximum atomic E-state index is 6.18. The lowest BCUT2D eigenvalue weighted by atomic mass is 10.1. The summed E-state index contributed by atoms with van der Waals surface area (Å²) in [5.74, 6) is 0.980. The molecule has 2 aliphatic rings. The van der Waals surface area contributed by atoms with Crippen LogP contribution >= 0.6 is 0 Å². The van der Waals surface area contributed by atoms with Crippen LogP contribution in [0.5, 0.6) is 0 Å². The highest BCUT2D eigenvalue weighted by Crippen LogP contribution is 2.19. The SMILES string of the molecule is CCNC(=NCc1ccccc1-n1ccc(C)n1)N1CCC(OCC2CCCCO2)CC1. The summed E-state index contributed by atoms with van der Waals surface area (Å²) in [6.07, 6.45) is 8.26. The van der Waals surface area contributed by atoms with Crippen LogP contribution in [0.2, 0.25) is 0 Å². The second kappa shape index (κ2) is 11.5. The van der Waals surface area contributed by atoms with E-state index >= 15 is 0 Å². The fourth-order valence-corrected chi connectivity index (χ4v) is 4.42. The fraction of sp³-hybridized carbons (Fsp3) is 0.600. The van der Waals surface area contributed by atoms with Crippen LogP contribution in [0.4, 0.5) is 0 Å². The smallest absolute Gasteiger partial charge is 0.194 e. The summed E-state index contributed by atoms with van der Waals surface area (Å²) in [5, 5.41) is 8.05. The van der Waals surface area contributed by atoms with Gasteiger partial charge >= 0.3 is 0 Å². The van der Waals surface area contributed by atoms with Gasteiger partial charge in [0.1, 0.15) is 0 Å². The van der Waals surface area contributed by atoms with Crippen LogP contribution in [-0.4, -0.2) is 65.7 Å². The van der Waals surface area contributed by atoms with Crippen LogP contribution in [-0.2, 0) is 16.0 Å². The van der Waals surface area contributed by atoms with Gasteiger partial charge in [-0.2, -0.15) is 5.10 Å². The van der Waals surface area contributed by atoms with Gasteiger partial charge in [-0.25, -0.2) is 9.67 Å². The summed E-state index contributed by atoms with van der Waals surface area (Å²) < 4.78 is 13.9. The van der Waals surface area contributed by atoms with Gasteiger partial charge in [-0.15, -0.1) is 0 Å². The van der Waals surface area contributed by atoms with Crippen LogP contribution in [0.15, 0.2) is 41.5 Å². The minimum absolute atomic E-state index is 0.291. The van der Waals surface area contributed by atoms with Gasteiger partial charge in [0.25, 0.3) is 0 Å². The lowest BCUT2D eigenvalue weighted by Gasteiger charge is -2.35. The zero-order valence-corrected chi connectivity index (χ0v) is 19.5. The largest absolute Gasteiger partial charge is 0.376 e. The van der Waals surface area contributed by atoms with Crippen molar-refractivity contribution in [3.05, 3.63) is 47.8 Å². The van der Waals surface area contributed by atoms with E-state index in [1.807, 2.05) is 29.9 Å². The van der Waals surface area contributed by atoms with Crippen molar-refractivity contribution < 1.29 is 9.47 Å². The van der Waals surface area contributed by atoms with E-state index in [0.29, 0.717) is 18.8 Å². The Morgan fingerprint density at radius 2 is 2.03 bits per heavy atom. The van der Waals surface area contributed by atoms with E-state index < -0.39 is 0 Å². The number of aromatic nitrogens is 2. The van der Waals surface area contributed by atoms with Gasteiger partial charge in [-0.3, -0.25) is 0 Å². The van der Waals surface area contributed by atoms with Gasteiger partial charge in [0.2, 0.25) is 0 Å². The van der Waals surface area contributed by atoms with E-state index in [0.717, 1.165) is 75.0 Å². The maximum absolute atomic E-state index is 6.18. The molecule has 7 heteroatoms. The minimum atomic E-state index is 0.291. The number of hydrogen-bond acceptors (Lipinski definition) is 4. The highest BCUT2D eigenvalue weighted by Gasteiger charge is 2.24. The van der Waals surface area contributed by atoms with Crippen molar-refractivity contribution in [1.82, 2.24) is 20.0 Å². The van der Waals surface area contributed by atoms with Crippen LogP contribution in [0.1, 0.15) is 50.3 Å². The molecule has 3 heterocycles. The van der Waals surface area contributed by atoms with Crippen LogP contribution in [0.25, 0.3) is 5.69 Å². The Bertz CT molecular complexity index is 867. The number of nitrogens with zero attached hydrogens (tertiary/aromatic N) is 4. The van der Waals surface area contributed by atoms with Gasteiger partial charge < -0.3 is 19.7 Å². The van der Waals surface area contributed by atoms with Gasteiger partial charge in [0.15, 0.2) is 5.96 Å². The average molecular weight is 440 g/mol. The topological polar surface area (TPSA) is 63.9 Å². The molecular weight excluding hydrogens is 402 g/mol. The number of benzene rings is 1. The normalized spacial score (nSPS) is 20.5. The standard InChI is InChI=1S/C25H37N5O2/c1-3-26-25(27-18-21-8-4-5-10-24(21)30-16-11-20(2)28-30)29-14-12-22(13-15-29)32-19-23-9-6-7-17-31-23/h4-5,8,10-11,16,22-23H,3,6-7,9,12-15,17-19H2,1-2H3,(H,26,27). The Morgan fingerprint density at radius 1 is 1.19 bits per heavy atom. The molecule has 2 saturated heterocycles. The molecule has 32 heavy (non-hydrogen) atoms. The summed E-state index contributed by atoms with van der Waals surface area (Å²) >= 11 is 0. The highest BCUT2D eigenvalue weighted by atomic mass is 16.5. The molecule has 1 unspecified atom stereocenters. The molecule has 0 aliphatic carbocycles. The summed E-state index contributed by atoms with van der Waals surface area (Å²) in [6, 6.07) is 10.4. The highest BCUT2D eigenvalue weighted by molar-refractivity contribution is 5.80. The Hall–Kier alpha value is -2.38. The monoisotopic (exact) mass is 439 g/mol. The van der Waals surface area contributed by atoms with E-state index in [4.69, 9.17) is 14.5 Å². The molecule has 2 aliphatic heterocycles. The Labute approximate surface area is 191 Å². The zero-order chi connectivity index (χ0) is 22.2. The van der Waals surface area contributed by atoms with Crippen molar-refractivity contribution in [1.29, 1.82) is 0 Å². The number of rotatable bonds is 7. The molecular formula is C25H37N5O2. The van der Waals surface area contributed by atoms with Crippen LogP contribution in [0, 0.1) is 6.92 Å². The first kappa shape index (κ1) is 22.8. The van der Waals surface area contributed by atoms with Crippen molar-refractivity contribution in [2.24, 2.45) is 4.99 Å². The first-order valence-corrected chi connectivity index (χ1v) is 12.1. The second-order valence-electron chi connectivity index (χ2n) is 8.71. The first-order valence-electron chi connectivity index (χ1n) is 12.1. The molecule has 174 valence electrons. The van der Waals surface area contributed by atoms with E-state index in [1.165, 1.54) is 12.8 Å². The van der Waals surface area contributed by atoms with Crippen molar-refractivity contribution in [2.45, 2.75) is 64.7 Å². The van der Waals surface area contributed by atoms with Gasteiger partial charge in [-0.05, 0) is 63.6 Å². The minimum Gasteiger partial charge on any atom is -0.376 e. The number of likely N-dealkylation sites (tertiary alicyclic amines) is 1. The Kier molecular flexibility index (Phi) is 8.18. The average Bonchev–Trinajstić information content (AvgIpc) is 3.28. The molecule has 1 N–H and O–H groups in total. The Morgan fingerprint density at radius 3 is 2.75 bits per heavy atom. The molecule has 1 aromatic heterocycles. The number of ether oxygens (including phenoxy) is 2. The molecule has 1 atom stereocenters. The number of nitrogens with one attached hydrogen (secondary N) is 1. The predicted octanol–water partition coefficient (Wildman–Crippen LogP) is 3.70. The molecule has 2 fully saturated rings. The molecule has 0 amide bonds. The summed E-state index contributed by atoms with van der Waals surface area (Å²) in [7, 11) is 0. The van der Waals surface area contributed by atoms with Crippen molar-refractivity contribution in [2.75, 3.05) is 32.8 Å². The quantitative estimate of drug-likeness (QED) is 0.527. The third kappa shape index (κ3) is 6.11. The number of guanidine groups is 1. The van der Waals surface area contributed by atoms with Crippen molar-refractivity contribution in [3.8, 4) is 5.69 Å². The molecule has 0 radical (unpaired) electrons. The maximum Gasteiger partial charge on any atom is 0.194 e. The van der Waals surface area contributed by atoms with E-state index in [-0.39, 0.29) is 0 Å². The van der Waals surface area contributed by atoms with E-state index in [1.54, 1.807) is 0 Å². The second-order valence-corrected chi connectivity index (χ2v) is 8.71. The summed E-state index contributed by atoms with van der Waals surface area (Å²) in [5.41, 5.74) is 3.26. The number of para-hydroxylation sites is 1. The third-order valence-corrected chi connectivity index (χ3v) is 6.23. The predicted molar refractivity (Wildman–Crippen MR) is 127 cm³/mol. The van der Waals surface area contributed by atoms with E-state index in [2.05, 4.69) is 40.4 Å². The molecule has 0 bridgehead atoms. The molecule has 4 rings (SSSR count). The number of hydrogen-bond donors (Lipinski definition) is 1. The van der Waals surface area contributed by atoms with Gasteiger partial charge in [0, 0.05) is 32.4 Å². The molecule has 1 aromatic carbocycles.